The third-order valence-corrected chi connectivity index (χ3v) is 5.04. The van der Waals surface area contributed by atoms with Gasteiger partial charge in [0.2, 0.25) is 10.0 Å². The summed E-state index contributed by atoms with van der Waals surface area (Å²) in [5, 5.41) is 20.0. The van der Waals surface area contributed by atoms with E-state index in [1.165, 1.54) is 30.5 Å². The lowest BCUT2D eigenvalue weighted by atomic mass is 9.86. The highest BCUT2D eigenvalue weighted by Gasteiger charge is 2.28. The number of benzene rings is 1. The van der Waals surface area contributed by atoms with E-state index in [9.17, 15) is 27.7 Å². The summed E-state index contributed by atoms with van der Waals surface area (Å²) in [5.41, 5.74) is 0.267. The van der Waals surface area contributed by atoms with Gasteiger partial charge in [-0.1, -0.05) is 0 Å². The SMILES string of the molecule is CC(C)(C)OC(=O)n1c(B(O)O)cc2c(-c3cc(F)cc(CNS(C)(=O)=O)c3)nccc21. The highest BCUT2D eigenvalue weighted by Crippen LogP contribution is 2.29. The number of sulfonamides is 1. The van der Waals surface area contributed by atoms with Crippen LogP contribution in [0.25, 0.3) is 22.2 Å². The van der Waals surface area contributed by atoms with Gasteiger partial charge in [0, 0.05) is 23.7 Å². The molecule has 0 spiro atoms. The second-order valence-corrected chi connectivity index (χ2v) is 10.1. The quantitative estimate of drug-likeness (QED) is 0.487. The fraction of sp³-hybridized carbons (Fsp3) is 0.300. The molecule has 2 aromatic heterocycles. The molecule has 0 amide bonds. The van der Waals surface area contributed by atoms with Gasteiger partial charge in [-0.25, -0.2) is 22.3 Å². The van der Waals surface area contributed by atoms with Gasteiger partial charge in [0.25, 0.3) is 0 Å². The van der Waals surface area contributed by atoms with E-state index in [2.05, 4.69) is 9.71 Å². The van der Waals surface area contributed by atoms with Gasteiger partial charge in [0.05, 0.1) is 23.1 Å². The number of hydrogen-bond donors (Lipinski definition) is 3. The average Bonchev–Trinajstić information content (AvgIpc) is 3.04. The normalized spacial score (nSPS) is 12.2. The zero-order chi connectivity index (χ0) is 23.8. The van der Waals surface area contributed by atoms with Gasteiger partial charge in [-0.15, -0.1) is 0 Å². The molecule has 1 aromatic carbocycles. The van der Waals surface area contributed by atoms with E-state index in [-0.39, 0.29) is 23.3 Å². The second-order valence-electron chi connectivity index (χ2n) is 8.29. The van der Waals surface area contributed by atoms with Gasteiger partial charge in [-0.3, -0.25) is 9.55 Å². The van der Waals surface area contributed by atoms with E-state index < -0.39 is 34.7 Å². The van der Waals surface area contributed by atoms with Crippen LogP contribution in [0.3, 0.4) is 0 Å². The van der Waals surface area contributed by atoms with Crippen molar-refractivity contribution in [2.24, 2.45) is 0 Å². The van der Waals surface area contributed by atoms with Crippen LogP contribution < -0.4 is 10.3 Å². The molecule has 32 heavy (non-hydrogen) atoms. The molecule has 0 saturated carbocycles. The molecule has 9 nitrogen and oxygen atoms in total. The van der Waals surface area contributed by atoms with E-state index >= 15 is 0 Å². The molecule has 0 unspecified atom stereocenters. The molecule has 0 radical (unpaired) electrons. The van der Waals surface area contributed by atoms with E-state index in [0.717, 1.165) is 10.8 Å². The number of hydrogen-bond acceptors (Lipinski definition) is 7. The fourth-order valence-electron chi connectivity index (χ4n) is 3.19. The first-order valence-electron chi connectivity index (χ1n) is 9.59. The molecule has 170 valence electrons. The molecule has 3 aromatic rings. The molecule has 0 fully saturated rings. The Morgan fingerprint density at radius 1 is 1.25 bits per heavy atom. The number of halogens is 1. The predicted molar refractivity (Wildman–Crippen MR) is 118 cm³/mol. The van der Waals surface area contributed by atoms with Crippen molar-refractivity contribution in [3.8, 4) is 11.3 Å². The van der Waals surface area contributed by atoms with Gasteiger partial charge in [-0.05, 0) is 56.7 Å². The predicted octanol–water partition coefficient (Wildman–Crippen LogP) is 1.35. The van der Waals surface area contributed by atoms with E-state index in [1.54, 1.807) is 26.8 Å². The molecular weight excluding hydrogens is 440 g/mol. The summed E-state index contributed by atoms with van der Waals surface area (Å²) in [6, 6.07) is 6.83. The van der Waals surface area contributed by atoms with Crippen molar-refractivity contribution >= 4 is 39.7 Å². The topological polar surface area (TPSA) is 131 Å². The lowest BCUT2D eigenvalue weighted by Crippen LogP contribution is -2.40. The maximum atomic E-state index is 14.3. The Labute approximate surface area is 185 Å². The van der Waals surface area contributed by atoms with Gasteiger partial charge < -0.3 is 14.8 Å². The van der Waals surface area contributed by atoms with Crippen molar-refractivity contribution < 1.29 is 32.4 Å². The lowest BCUT2D eigenvalue weighted by molar-refractivity contribution is 0.0547. The number of nitrogens with one attached hydrogen (secondary N) is 1. The number of aromatic nitrogens is 2. The van der Waals surface area contributed by atoms with Crippen molar-refractivity contribution in [1.82, 2.24) is 14.3 Å². The minimum Gasteiger partial charge on any atom is -0.443 e. The largest absolute Gasteiger partial charge is 0.506 e. The standard InChI is InChI=1S/C20H23BFN3O6S/c1-20(2,3)31-19(26)25-16-5-6-23-18(15(16)10-17(25)21(27)28)13-7-12(8-14(22)9-13)11-24-32(4,29)30/h5-10,24,27-28H,11H2,1-4H3. The molecule has 0 bridgehead atoms. The molecule has 0 aliphatic carbocycles. The summed E-state index contributed by atoms with van der Waals surface area (Å²) < 4.78 is 45.8. The lowest BCUT2D eigenvalue weighted by Gasteiger charge is -2.21. The zero-order valence-electron chi connectivity index (χ0n) is 18.0. The summed E-state index contributed by atoms with van der Waals surface area (Å²) >= 11 is 0. The van der Waals surface area contributed by atoms with Crippen molar-refractivity contribution in [2.45, 2.75) is 32.9 Å². The Balaban J connectivity index is 2.16. The van der Waals surface area contributed by atoms with Crippen molar-refractivity contribution in [2.75, 3.05) is 6.26 Å². The highest BCUT2D eigenvalue weighted by molar-refractivity contribution is 7.88. The molecule has 12 heteroatoms. The molecule has 3 rings (SSSR count). The van der Waals surface area contributed by atoms with E-state index in [4.69, 9.17) is 4.74 Å². The van der Waals surface area contributed by atoms with Crippen LogP contribution in [-0.2, 0) is 21.3 Å². The molecule has 0 saturated heterocycles. The monoisotopic (exact) mass is 463 g/mol. The van der Waals surface area contributed by atoms with Crippen LogP contribution in [0.5, 0.6) is 0 Å². The Hall–Kier alpha value is -2.80. The summed E-state index contributed by atoms with van der Waals surface area (Å²) in [6.45, 7) is 4.91. The van der Waals surface area contributed by atoms with Crippen molar-refractivity contribution in [3.05, 3.63) is 47.9 Å². The van der Waals surface area contributed by atoms with Crippen LogP contribution in [0, 0.1) is 5.82 Å². The van der Waals surface area contributed by atoms with Crippen LogP contribution in [0.15, 0.2) is 36.5 Å². The van der Waals surface area contributed by atoms with Crippen LogP contribution in [-0.4, -0.2) is 53.1 Å². The summed E-state index contributed by atoms with van der Waals surface area (Å²) in [7, 11) is -5.46. The Bertz CT molecular complexity index is 1280. The van der Waals surface area contributed by atoms with Crippen LogP contribution in [0.4, 0.5) is 9.18 Å². The molecule has 2 heterocycles. The average molecular weight is 463 g/mol. The minimum absolute atomic E-state index is 0.126. The summed E-state index contributed by atoms with van der Waals surface area (Å²) in [5.74, 6) is -0.611. The maximum Gasteiger partial charge on any atom is 0.506 e. The number of pyridine rings is 1. The number of carbonyl (C=O) groups excluding carboxylic acids is 1. The second kappa shape index (κ2) is 8.62. The molecule has 0 atom stereocenters. The number of ether oxygens (including phenoxy) is 1. The smallest absolute Gasteiger partial charge is 0.443 e. The van der Waals surface area contributed by atoms with E-state index in [1.807, 2.05) is 0 Å². The number of rotatable bonds is 5. The van der Waals surface area contributed by atoms with E-state index in [0.29, 0.717) is 16.5 Å². The third kappa shape index (κ3) is 5.51. The summed E-state index contributed by atoms with van der Waals surface area (Å²) in [4.78, 5) is 17.1. The first-order chi connectivity index (χ1) is 14.7. The van der Waals surface area contributed by atoms with Crippen molar-refractivity contribution in [3.63, 3.8) is 0 Å². The fourth-order valence-corrected chi connectivity index (χ4v) is 3.62. The summed E-state index contributed by atoms with van der Waals surface area (Å²) in [6.07, 6.45) is 1.58. The van der Waals surface area contributed by atoms with Crippen LogP contribution in [0.2, 0.25) is 0 Å². The number of nitrogens with zero attached hydrogens (tertiary/aromatic N) is 2. The Morgan fingerprint density at radius 2 is 1.94 bits per heavy atom. The van der Waals surface area contributed by atoms with Gasteiger partial charge in [-0.2, -0.15) is 0 Å². The maximum absolute atomic E-state index is 14.3. The van der Waals surface area contributed by atoms with Crippen molar-refractivity contribution in [1.29, 1.82) is 0 Å². The third-order valence-electron chi connectivity index (χ3n) is 4.37. The highest BCUT2D eigenvalue weighted by atomic mass is 32.2. The number of fused-ring (bicyclic) bond motifs is 1. The Morgan fingerprint density at radius 3 is 2.53 bits per heavy atom. The minimum atomic E-state index is -3.48. The van der Waals surface area contributed by atoms with Crippen LogP contribution >= 0.6 is 0 Å². The van der Waals surface area contributed by atoms with Crippen LogP contribution in [0.1, 0.15) is 26.3 Å². The first kappa shape index (κ1) is 23.9. The first-order valence-corrected chi connectivity index (χ1v) is 11.5. The van der Waals surface area contributed by atoms with Gasteiger partial charge >= 0.3 is 13.2 Å². The zero-order valence-corrected chi connectivity index (χ0v) is 18.8. The molecule has 0 aliphatic heterocycles. The van der Waals surface area contributed by atoms with Gasteiger partial charge in [0.1, 0.15) is 11.4 Å². The molecule has 0 aliphatic rings. The number of carbonyl (C=O) groups is 1. The van der Waals surface area contributed by atoms with Gasteiger partial charge in [0.15, 0.2) is 0 Å². The molecular formula is C20H23BFN3O6S. The Kier molecular flexibility index (Phi) is 6.43. The molecule has 3 N–H and O–H groups in total.